The van der Waals surface area contributed by atoms with E-state index in [0.717, 1.165) is 5.03 Å². The first-order chi connectivity index (χ1) is 6.29. The van der Waals surface area contributed by atoms with Gasteiger partial charge in [0, 0.05) is 6.20 Å². The first kappa shape index (κ1) is 8.12. The molecule has 0 radical (unpaired) electrons. The molecule has 2 N–H and O–H groups in total. The summed E-state index contributed by atoms with van der Waals surface area (Å²) >= 11 is 1.43. The number of carbonyl (C=O) groups excluding carboxylic acids is 1. The molecule has 0 fully saturated rings. The number of thioether (sulfide) groups is 1. The second-order valence-corrected chi connectivity index (χ2v) is 3.35. The van der Waals surface area contributed by atoms with Crippen molar-refractivity contribution in [3.8, 4) is 0 Å². The molecule has 0 spiro atoms. The van der Waals surface area contributed by atoms with E-state index in [1.807, 2.05) is 17.6 Å². The van der Waals surface area contributed by atoms with Crippen LogP contribution in [-0.4, -0.2) is 15.7 Å². The van der Waals surface area contributed by atoms with E-state index in [0.29, 0.717) is 5.56 Å². The molecule has 1 amide bonds. The van der Waals surface area contributed by atoms with Gasteiger partial charge in [-0.1, -0.05) is 17.8 Å². The topological polar surface area (TPSA) is 60.9 Å². The number of primary amides is 1. The zero-order chi connectivity index (χ0) is 9.26. The Morgan fingerprint density at radius 1 is 1.54 bits per heavy atom. The number of carbonyl (C=O) groups is 1. The van der Waals surface area contributed by atoms with Crippen molar-refractivity contribution < 1.29 is 4.79 Å². The van der Waals surface area contributed by atoms with Crippen LogP contribution >= 0.6 is 11.8 Å². The van der Waals surface area contributed by atoms with Crippen molar-refractivity contribution in [2.75, 3.05) is 0 Å². The van der Waals surface area contributed by atoms with Crippen LogP contribution < -0.4 is 5.73 Å². The molecule has 4 nitrogen and oxygen atoms in total. The zero-order valence-electron chi connectivity index (χ0n) is 6.68. The number of amides is 1. The second-order valence-electron chi connectivity index (χ2n) is 2.46. The Morgan fingerprint density at radius 2 is 2.38 bits per heavy atom. The van der Waals surface area contributed by atoms with Gasteiger partial charge in [0.05, 0.1) is 11.8 Å². The molecule has 5 heteroatoms. The highest BCUT2D eigenvalue weighted by Gasteiger charge is 2.13. The highest BCUT2D eigenvalue weighted by Crippen LogP contribution is 2.25. The molecule has 0 aromatic carbocycles. The van der Waals surface area contributed by atoms with Crippen LogP contribution in [0.3, 0.4) is 0 Å². The summed E-state index contributed by atoms with van der Waals surface area (Å²) < 4.78 is 1.63. The molecule has 0 saturated carbocycles. The van der Waals surface area contributed by atoms with Crippen LogP contribution in [0.1, 0.15) is 10.4 Å². The van der Waals surface area contributed by atoms with Crippen LogP contribution in [0.2, 0.25) is 0 Å². The molecule has 1 aromatic rings. The first-order valence-electron chi connectivity index (χ1n) is 3.66. The quantitative estimate of drug-likeness (QED) is 0.725. The molecule has 0 atom stereocenters. The summed E-state index contributed by atoms with van der Waals surface area (Å²) in [5, 5.41) is 6.65. The minimum Gasteiger partial charge on any atom is -0.365 e. The Labute approximate surface area is 79.1 Å². The summed E-state index contributed by atoms with van der Waals surface area (Å²) in [6.45, 7) is 0. The van der Waals surface area contributed by atoms with E-state index < -0.39 is 5.91 Å². The van der Waals surface area contributed by atoms with E-state index in [9.17, 15) is 4.79 Å². The highest BCUT2D eigenvalue weighted by atomic mass is 32.2. The molecule has 1 aliphatic rings. The summed E-state index contributed by atoms with van der Waals surface area (Å²) in [6, 6.07) is 0. The van der Waals surface area contributed by atoms with Crippen molar-refractivity contribution in [2.45, 2.75) is 5.03 Å². The van der Waals surface area contributed by atoms with E-state index >= 15 is 0 Å². The molecule has 0 unspecified atom stereocenters. The van der Waals surface area contributed by atoms with E-state index in [4.69, 9.17) is 5.73 Å². The van der Waals surface area contributed by atoms with E-state index in [1.165, 1.54) is 18.0 Å². The predicted molar refractivity (Wildman–Crippen MR) is 51.1 cm³/mol. The van der Waals surface area contributed by atoms with Gasteiger partial charge in [-0.2, -0.15) is 5.10 Å². The molecular formula is C8H7N3OS. The number of hydrogen-bond donors (Lipinski definition) is 1. The number of nitrogens with two attached hydrogens (primary N) is 1. The third kappa shape index (κ3) is 1.38. The van der Waals surface area contributed by atoms with Crippen LogP contribution in [-0.2, 0) is 0 Å². The van der Waals surface area contributed by atoms with Crippen molar-refractivity contribution >= 4 is 23.9 Å². The van der Waals surface area contributed by atoms with Crippen molar-refractivity contribution in [2.24, 2.45) is 5.73 Å². The monoisotopic (exact) mass is 193 g/mol. The minimum atomic E-state index is -0.447. The Kier molecular flexibility index (Phi) is 1.94. The third-order valence-electron chi connectivity index (χ3n) is 1.61. The van der Waals surface area contributed by atoms with Crippen LogP contribution in [0.4, 0.5) is 0 Å². The zero-order valence-corrected chi connectivity index (χ0v) is 7.49. The number of aromatic nitrogens is 2. The Bertz CT molecular complexity index is 406. The Hall–Kier alpha value is -1.49. The molecule has 66 valence electrons. The van der Waals surface area contributed by atoms with Gasteiger partial charge in [0.2, 0.25) is 0 Å². The lowest BCUT2D eigenvalue weighted by molar-refractivity contribution is 0.0997. The highest BCUT2D eigenvalue weighted by molar-refractivity contribution is 8.02. The number of nitrogens with zero attached hydrogens (tertiary/aromatic N) is 2. The van der Waals surface area contributed by atoms with Gasteiger partial charge < -0.3 is 5.73 Å². The normalized spacial score (nSPS) is 13.8. The summed E-state index contributed by atoms with van der Waals surface area (Å²) in [5.74, 6) is -0.447. The largest absolute Gasteiger partial charge is 0.365 e. The summed E-state index contributed by atoms with van der Waals surface area (Å²) in [7, 11) is 0. The fraction of sp³-hybridized carbons (Fsp3) is 0. The molecule has 2 rings (SSSR count). The van der Waals surface area contributed by atoms with Crippen molar-refractivity contribution in [1.29, 1.82) is 0 Å². The Morgan fingerprint density at radius 3 is 3.15 bits per heavy atom. The lowest BCUT2D eigenvalue weighted by Crippen LogP contribution is -2.11. The van der Waals surface area contributed by atoms with Gasteiger partial charge >= 0.3 is 0 Å². The SMILES string of the molecule is NC(=O)c1cnn2c1SC=CC=C2. The van der Waals surface area contributed by atoms with Crippen molar-refractivity contribution in [1.82, 2.24) is 9.78 Å². The van der Waals surface area contributed by atoms with Crippen LogP contribution in [0.25, 0.3) is 6.20 Å². The molecule has 1 aromatic heterocycles. The van der Waals surface area contributed by atoms with E-state index in [1.54, 1.807) is 10.9 Å². The average molecular weight is 193 g/mol. The smallest absolute Gasteiger partial charge is 0.253 e. The van der Waals surface area contributed by atoms with Crippen LogP contribution in [0, 0.1) is 0 Å². The number of rotatable bonds is 1. The molecule has 2 heterocycles. The Balaban J connectivity index is 2.53. The molecule has 1 aliphatic heterocycles. The maximum atomic E-state index is 11.0. The van der Waals surface area contributed by atoms with Gasteiger partial charge in [-0.3, -0.25) is 4.79 Å². The first-order valence-corrected chi connectivity index (χ1v) is 4.54. The van der Waals surface area contributed by atoms with Gasteiger partial charge in [0.15, 0.2) is 0 Å². The summed E-state index contributed by atoms with van der Waals surface area (Å²) in [4.78, 5) is 11.0. The average Bonchev–Trinajstić information content (AvgIpc) is 2.36. The van der Waals surface area contributed by atoms with Crippen LogP contribution in [0.15, 0.2) is 28.8 Å². The maximum Gasteiger partial charge on any atom is 0.253 e. The van der Waals surface area contributed by atoms with Gasteiger partial charge in [-0.25, -0.2) is 4.68 Å². The molecular weight excluding hydrogens is 186 g/mol. The van der Waals surface area contributed by atoms with Crippen molar-refractivity contribution in [3.63, 3.8) is 0 Å². The van der Waals surface area contributed by atoms with Gasteiger partial charge in [0.25, 0.3) is 5.91 Å². The molecule has 0 bridgehead atoms. The molecule has 0 saturated heterocycles. The molecule has 0 aliphatic carbocycles. The third-order valence-corrected chi connectivity index (χ3v) is 2.54. The van der Waals surface area contributed by atoms with E-state index in [-0.39, 0.29) is 0 Å². The minimum absolute atomic E-state index is 0.447. The van der Waals surface area contributed by atoms with Gasteiger partial charge in [-0.05, 0) is 11.5 Å². The van der Waals surface area contributed by atoms with Gasteiger partial charge in [-0.15, -0.1) is 0 Å². The van der Waals surface area contributed by atoms with Crippen molar-refractivity contribution in [3.05, 3.63) is 29.3 Å². The lowest BCUT2D eigenvalue weighted by Gasteiger charge is -1.97. The number of fused-ring (bicyclic) bond motifs is 1. The fourth-order valence-electron chi connectivity index (χ4n) is 1.02. The number of hydrogen-bond acceptors (Lipinski definition) is 3. The predicted octanol–water partition coefficient (Wildman–Crippen LogP) is 1.07. The molecule has 13 heavy (non-hydrogen) atoms. The second kappa shape index (κ2) is 3.10. The van der Waals surface area contributed by atoms with Gasteiger partial charge in [0.1, 0.15) is 5.03 Å². The maximum absolute atomic E-state index is 11.0. The fourth-order valence-corrected chi connectivity index (χ4v) is 1.82. The van der Waals surface area contributed by atoms with E-state index in [2.05, 4.69) is 5.10 Å². The standard InChI is InChI=1S/C8H7N3OS/c9-7(12)6-5-10-11-3-1-2-4-13-8(6)11/h1-5H,(H2,9,12). The summed E-state index contributed by atoms with van der Waals surface area (Å²) in [5.41, 5.74) is 5.64. The van der Waals surface area contributed by atoms with Crippen LogP contribution in [0.5, 0.6) is 0 Å². The number of allylic oxidation sites excluding steroid dienone is 2. The summed E-state index contributed by atoms with van der Waals surface area (Å²) in [6.07, 6.45) is 6.98. The lowest BCUT2D eigenvalue weighted by atomic mass is 10.3.